The lowest BCUT2D eigenvalue weighted by Crippen LogP contribution is -2.25. The largest absolute Gasteiger partial charge is 0.367 e. The van der Waals surface area contributed by atoms with Gasteiger partial charge in [-0.25, -0.2) is 4.98 Å². The molecule has 0 aromatic carbocycles. The molecule has 6 nitrogen and oxygen atoms in total. The fourth-order valence-electron chi connectivity index (χ4n) is 1.93. The summed E-state index contributed by atoms with van der Waals surface area (Å²) in [6.45, 7) is 8.60. The molecular weight excluding hydrogens is 228 g/mol. The topological polar surface area (TPSA) is 58.4 Å². The van der Waals surface area contributed by atoms with Gasteiger partial charge < -0.3 is 10.2 Å². The first-order chi connectivity index (χ1) is 8.85. The molecule has 0 spiro atoms. The van der Waals surface area contributed by atoms with Crippen LogP contribution >= 0.6 is 0 Å². The molecule has 0 amide bonds. The molecule has 2 aromatic heterocycles. The second kappa shape index (κ2) is 6.30. The molecule has 0 aliphatic carbocycles. The molecule has 2 heterocycles. The molecule has 0 saturated carbocycles. The van der Waals surface area contributed by atoms with Gasteiger partial charge in [0.15, 0.2) is 5.82 Å². The van der Waals surface area contributed by atoms with Crippen LogP contribution in [0.1, 0.15) is 20.3 Å². The Hall–Kier alpha value is -1.69. The van der Waals surface area contributed by atoms with Crippen molar-refractivity contribution < 1.29 is 0 Å². The monoisotopic (exact) mass is 248 g/mol. The number of hydrogen-bond acceptors (Lipinski definition) is 5. The van der Waals surface area contributed by atoms with Crippen LogP contribution in [0.2, 0.25) is 0 Å². The highest BCUT2D eigenvalue weighted by Crippen LogP contribution is 2.09. The summed E-state index contributed by atoms with van der Waals surface area (Å²) >= 11 is 0. The summed E-state index contributed by atoms with van der Waals surface area (Å²) in [5.41, 5.74) is 0.778. The third-order valence-corrected chi connectivity index (χ3v) is 3.05. The normalized spacial score (nSPS) is 11.3. The summed E-state index contributed by atoms with van der Waals surface area (Å²) in [4.78, 5) is 6.70. The number of nitrogens with zero attached hydrogens (tertiary/aromatic N) is 5. The molecule has 18 heavy (non-hydrogen) atoms. The minimum absolute atomic E-state index is 0.778. The maximum atomic E-state index is 4.29. The number of fused-ring (bicyclic) bond motifs is 1. The van der Waals surface area contributed by atoms with Gasteiger partial charge in [-0.2, -0.15) is 0 Å². The molecule has 0 bridgehead atoms. The Kier molecular flexibility index (Phi) is 4.46. The van der Waals surface area contributed by atoms with E-state index in [2.05, 4.69) is 39.2 Å². The summed E-state index contributed by atoms with van der Waals surface area (Å²) in [6.07, 6.45) is 6.37. The number of rotatable bonds is 7. The molecule has 1 N–H and O–H groups in total. The average molecular weight is 248 g/mol. The molecule has 6 heteroatoms. The zero-order valence-electron chi connectivity index (χ0n) is 11.0. The fourth-order valence-corrected chi connectivity index (χ4v) is 1.93. The Morgan fingerprint density at radius 3 is 2.94 bits per heavy atom. The maximum Gasteiger partial charge on any atom is 0.203 e. The summed E-state index contributed by atoms with van der Waals surface area (Å²) in [7, 11) is 0. The number of nitrogens with one attached hydrogen (secondary N) is 1. The Bertz CT molecular complexity index is 476. The molecule has 2 aromatic rings. The highest BCUT2D eigenvalue weighted by Gasteiger charge is 2.04. The maximum absolute atomic E-state index is 4.29. The first kappa shape index (κ1) is 12.8. The predicted molar refractivity (Wildman–Crippen MR) is 71.7 cm³/mol. The Morgan fingerprint density at radius 1 is 1.33 bits per heavy atom. The molecule has 0 aliphatic heterocycles. The van der Waals surface area contributed by atoms with Crippen LogP contribution < -0.4 is 5.32 Å². The van der Waals surface area contributed by atoms with Gasteiger partial charge in [-0.3, -0.25) is 4.40 Å². The molecule has 0 unspecified atom stereocenters. The van der Waals surface area contributed by atoms with Crippen LogP contribution in [0.15, 0.2) is 18.7 Å². The first-order valence-electron chi connectivity index (χ1n) is 6.45. The van der Waals surface area contributed by atoms with E-state index in [0.717, 1.165) is 44.1 Å². The highest BCUT2D eigenvalue weighted by molar-refractivity contribution is 5.61. The Labute approximate surface area is 107 Å². The van der Waals surface area contributed by atoms with Crippen molar-refractivity contribution in [2.75, 3.05) is 31.5 Å². The van der Waals surface area contributed by atoms with Crippen LogP contribution in [0.25, 0.3) is 5.65 Å². The number of hydrogen-bond donors (Lipinski definition) is 1. The summed E-state index contributed by atoms with van der Waals surface area (Å²) in [5.74, 6) is 0.801. The van der Waals surface area contributed by atoms with Gasteiger partial charge in [-0.15, -0.1) is 10.2 Å². The SMILES string of the molecule is CCN(CC)CCCNc1nccn2cnnc12. The van der Waals surface area contributed by atoms with Crippen LogP contribution in [0.5, 0.6) is 0 Å². The summed E-state index contributed by atoms with van der Waals surface area (Å²) < 4.78 is 1.86. The molecule has 98 valence electrons. The smallest absolute Gasteiger partial charge is 0.203 e. The van der Waals surface area contributed by atoms with E-state index >= 15 is 0 Å². The third-order valence-electron chi connectivity index (χ3n) is 3.05. The van der Waals surface area contributed by atoms with Crippen molar-refractivity contribution in [3.63, 3.8) is 0 Å². The second-order valence-corrected chi connectivity index (χ2v) is 4.14. The Balaban J connectivity index is 1.85. The highest BCUT2D eigenvalue weighted by atomic mass is 15.2. The minimum Gasteiger partial charge on any atom is -0.367 e. The summed E-state index contributed by atoms with van der Waals surface area (Å²) in [6, 6.07) is 0. The molecular formula is C12H20N6. The molecule has 0 fully saturated rings. The Morgan fingerprint density at radius 2 is 2.17 bits per heavy atom. The van der Waals surface area contributed by atoms with Crippen LogP contribution in [0, 0.1) is 0 Å². The van der Waals surface area contributed by atoms with Crippen molar-refractivity contribution >= 4 is 11.5 Å². The van der Waals surface area contributed by atoms with Gasteiger partial charge in [-0.05, 0) is 26.1 Å². The van der Waals surface area contributed by atoms with Crippen LogP contribution in [-0.4, -0.2) is 50.7 Å². The number of anilines is 1. The molecule has 2 rings (SSSR count). The number of aromatic nitrogens is 4. The zero-order valence-corrected chi connectivity index (χ0v) is 11.0. The van der Waals surface area contributed by atoms with Gasteiger partial charge in [-0.1, -0.05) is 13.8 Å². The lowest BCUT2D eigenvalue weighted by atomic mass is 10.3. The molecule has 0 radical (unpaired) electrons. The van der Waals surface area contributed by atoms with E-state index < -0.39 is 0 Å². The van der Waals surface area contributed by atoms with Crippen LogP contribution in [-0.2, 0) is 0 Å². The van der Waals surface area contributed by atoms with E-state index in [4.69, 9.17) is 0 Å². The van der Waals surface area contributed by atoms with Crippen LogP contribution in [0.3, 0.4) is 0 Å². The van der Waals surface area contributed by atoms with Crippen molar-refractivity contribution in [1.29, 1.82) is 0 Å². The van der Waals surface area contributed by atoms with Crippen LogP contribution in [0.4, 0.5) is 5.82 Å². The van der Waals surface area contributed by atoms with E-state index in [1.807, 2.05) is 10.6 Å². The van der Waals surface area contributed by atoms with Crippen molar-refractivity contribution in [2.45, 2.75) is 20.3 Å². The third kappa shape index (κ3) is 2.95. The van der Waals surface area contributed by atoms with Gasteiger partial charge in [0.2, 0.25) is 5.65 Å². The first-order valence-corrected chi connectivity index (χ1v) is 6.45. The van der Waals surface area contributed by atoms with Crippen molar-refractivity contribution in [1.82, 2.24) is 24.5 Å². The minimum atomic E-state index is 0.778. The molecule has 0 aliphatic rings. The van der Waals surface area contributed by atoms with Gasteiger partial charge >= 0.3 is 0 Å². The van der Waals surface area contributed by atoms with E-state index in [-0.39, 0.29) is 0 Å². The van der Waals surface area contributed by atoms with Gasteiger partial charge in [0.25, 0.3) is 0 Å². The van der Waals surface area contributed by atoms with Gasteiger partial charge in [0, 0.05) is 18.9 Å². The quantitative estimate of drug-likeness (QED) is 0.748. The second-order valence-electron chi connectivity index (χ2n) is 4.14. The molecule has 0 atom stereocenters. The lowest BCUT2D eigenvalue weighted by molar-refractivity contribution is 0.303. The van der Waals surface area contributed by atoms with Gasteiger partial charge in [0.05, 0.1) is 0 Å². The predicted octanol–water partition coefficient (Wildman–Crippen LogP) is 1.27. The summed E-state index contributed by atoms with van der Waals surface area (Å²) in [5, 5.41) is 11.2. The van der Waals surface area contributed by atoms with Crippen molar-refractivity contribution in [2.24, 2.45) is 0 Å². The average Bonchev–Trinajstić information content (AvgIpc) is 2.88. The van der Waals surface area contributed by atoms with E-state index in [1.165, 1.54) is 0 Å². The lowest BCUT2D eigenvalue weighted by Gasteiger charge is -2.17. The zero-order chi connectivity index (χ0) is 12.8. The van der Waals surface area contributed by atoms with E-state index in [9.17, 15) is 0 Å². The molecule has 0 saturated heterocycles. The van der Waals surface area contributed by atoms with E-state index in [1.54, 1.807) is 12.5 Å². The van der Waals surface area contributed by atoms with Gasteiger partial charge in [0.1, 0.15) is 6.33 Å². The fraction of sp³-hybridized carbons (Fsp3) is 0.583. The van der Waals surface area contributed by atoms with Crippen molar-refractivity contribution in [3.05, 3.63) is 18.7 Å². The standard InChI is InChI=1S/C12H20N6/c1-3-17(4-2)8-5-6-13-11-12-16-15-10-18(12)9-7-14-11/h7,9-10H,3-6,8H2,1-2H3,(H,13,14). The van der Waals surface area contributed by atoms with Crippen molar-refractivity contribution in [3.8, 4) is 0 Å². The van der Waals surface area contributed by atoms with E-state index in [0.29, 0.717) is 0 Å².